The van der Waals surface area contributed by atoms with Crippen LogP contribution < -0.4 is 9.47 Å². The molecule has 4 nitrogen and oxygen atoms in total. The lowest BCUT2D eigenvalue weighted by Gasteiger charge is -2.39. The fraction of sp³-hybridized carbons (Fsp3) is 0.278. The topological polar surface area (TPSA) is 38.8 Å². The molecule has 0 N–H and O–H groups in total. The van der Waals surface area contributed by atoms with Gasteiger partial charge < -0.3 is 14.4 Å². The Labute approximate surface area is 144 Å². The molecule has 0 saturated carbocycles. The number of ether oxygens (including phenoxy) is 2. The highest BCUT2D eigenvalue weighted by Gasteiger charge is 2.35. The number of likely N-dealkylation sites (tertiary alicyclic amines) is 1. The third-order valence-electron chi connectivity index (χ3n) is 3.98. The van der Waals surface area contributed by atoms with Crippen molar-refractivity contribution in [3.63, 3.8) is 0 Å². The molecule has 0 aromatic heterocycles. The van der Waals surface area contributed by atoms with Crippen LogP contribution in [0.2, 0.25) is 5.02 Å². The summed E-state index contributed by atoms with van der Waals surface area (Å²) in [7, 11) is 1.59. The lowest BCUT2D eigenvalue weighted by molar-refractivity contribution is 0.0174. The summed E-state index contributed by atoms with van der Waals surface area (Å²) >= 11 is 6.09. The minimum atomic E-state index is -0.604. The highest BCUT2D eigenvalue weighted by atomic mass is 35.5. The average Bonchev–Trinajstić information content (AvgIpc) is 2.54. The summed E-state index contributed by atoms with van der Waals surface area (Å²) in [5, 5.41) is 0.164. The summed E-state index contributed by atoms with van der Waals surface area (Å²) in [6, 6.07) is 10.1. The quantitative estimate of drug-likeness (QED) is 0.844. The zero-order valence-electron chi connectivity index (χ0n) is 13.4. The van der Waals surface area contributed by atoms with Crippen molar-refractivity contribution in [2.45, 2.75) is 13.0 Å². The van der Waals surface area contributed by atoms with Gasteiger partial charge in [-0.25, -0.2) is 4.39 Å². The molecule has 3 rings (SSSR count). The van der Waals surface area contributed by atoms with Crippen LogP contribution in [0.1, 0.15) is 15.9 Å². The number of aryl methyl sites for hydroxylation is 1. The number of nitrogens with zero attached hydrogens (tertiary/aromatic N) is 1. The highest BCUT2D eigenvalue weighted by Crippen LogP contribution is 2.28. The van der Waals surface area contributed by atoms with E-state index in [9.17, 15) is 9.18 Å². The van der Waals surface area contributed by atoms with Crippen molar-refractivity contribution in [2.24, 2.45) is 0 Å². The molecule has 126 valence electrons. The molecular formula is C18H17ClFNO3. The van der Waals surface area contributed by atoms with Gasteiger partial charge in [0, 0.05) is 6.07 Å². The second-order valence-corrected chi connectivity index (χ2v) is 6.06. The lowest BCUT2D eigenvalue weighted by atomic mass is 10.1. The van der Waals surface area contributed by atoms with Gasteiger partial charge in [-0.2, -0.15) is 0 Å². The van der Waals surface area contributed by atoms with E-state index in [4.69, 9.17) is 21.1 Å². The van der Waals surface area contributed by atoms with Gasteiger partial charge in [0.25, 0.3) is 5.91 Å². The first-order chi connectivity index (χ1) is 11.5. The molecule has 1 aliphatic rings. The molecule has 2 aromatic rings. The minimum absolute atomic E-state index is 0.0727. The van der Waals surface area contributed by atoms with E-state index >= 15 is 0 Å². The number of carbonyl (C=O) groups excluding carboxylic acids is 1. The summed E-state index contributed by atoms with van der Waals surface area (Å²) in [6.07, 6.45) is -0.132. The van der Waals surface area contributed by atoms with Gasteiger partial charge in [-0.15, -0.1) is 0 Å². The van der Waals surface area contributed by atoms with E-state index in [1.165, 1.54) is 11.0 Å². The van der Waals surface area contributed by atoms with Gasteiger partial charge in [0.15, 0.2) is 0 Å². The number of methoxy groups -OCH3 is 1. The first kappa shape index (κ1) is 16.6. The van der Waals surface area contributed by atoms with Crippen LogP contribution in [0.25, 0.3) is 0 Å². The Morgan fingerprint density at radius 2 is 1.96 bits per heavy atom. The predicted octanol–water partition coefficient (Wildman–Crippen LogP) is 3.70. The molecular weight excluding hydrogens is 333 g/mol. The smallest absolute Gasteiger partial charge is 0.258 e. The zero-order valence-corrected chi connectivity index (χ0v) is 14.1. The first-order valence-corrected chi connectivity index (χ1v) is 7.92. The monoisotopic (exact) mass is 349 g/mol. The Bertz CT molecular complexity index is 775. The van der Waals surface area contributed by atoms with Crippen LogP contribution in [0.4, 0.5) is 4.39 Å². The fourth-order valence-electron chi connectivity index (χ4n) is 2.56. The average molecular weight is 350 g/mol. The third-order valence-corrected chi connectivity index (χ3v) is 4.46. The highest BCUT2D eigenvalue weighted by molar-refractivity contribution is 6.34. The summed E-state index contributed by atoms with van der Waals surface area (Å²) in [5.74, 6) is 0.360. The van der Waals surface area contributed by atoms with Crippen LogP contribution in [-0.2, 0) is 0 Å². The van der Waals surface area contributed by atoms with E-state index < -0.39 is 11.7 Å². The Morgan fingerprint density at radius 1 is 1.25 bits per heavy atom. The van der Waals surface area contributed by atoms with Gasteiger partial charge in [0.2, 0.25) is 0 Å². The summed E-state index contributed by atoms with van der Waals surface area (Å²) < 4.78 is 24.9. The Hall–Kier alpha value is -2.27. The number of amides is 1. The Morgan fingerprint density at radius 3 is 2.67 bits per heavy atom. The maximum atomic E-state index is 14.0. The molecule has 1 heterocycles. The second-order valence-electron chi connectivity index (χ2n) is 5.68. The number of halogens is 2. The molecule has 1 aliphatic heterocycles. The van der Waals surface area contributed by atoms with Crippen molar-refractivity contribution in [3.05, 3.63) is 58.4 Å². The van der Waals surface area contributed by atoms with Gasteiger partial charge in [-0.3, -0.25) is 4.79 Å². The number of benzene rings is 2. The van der Waals surface area contributed by atoms with Crippen LogP contribution in [-0.4, -0.2) is 37.1 Å². The van der Waals surface area contributed by atoms with Crippen LogP contribution in [0.15, 0.2) is 36.4 Å². The molecule has 0 radical (unpaired) electrons. The SMILES string of the molecule is COc1cccc(OC2CN(C(=O)c3c(F)ccc(C)c3Cl)C2)c1. The molecule has 1 fully saturated rings. The number of carbonyl (C=O) groups is 1. The second kappa shape index (κ2) is 6.69. The fourth-order valence-corrected chi connectivity index (χ4v) is 2.79. The van der Waals surface area contributed by atoms with Crippen LogP contribution in [0, 0.1) is 12.7 Å². The van der Waals surface area contributed by atoms with Gasteiger partial charge in [0.1, 0.15) is 23.4 Å². The van der Waals surface area contributed by atoms with E-state index in [2.05, 4.69) is 0 Å². The minimum Gasteiger partial charge on any atom is -0.497 e. The standard InChI is InChI=1S/C18H17ClFNO3/c1-11-6-7-15(20)16(17(11)19)18(22)21-9-14(10-21)24-13-5-3-4-12(8-13)23-2/h3-8,14H,9-10H2,1-2H3. The van der Waals surface area contributed by atoms with Gasteiger partial charge >= 0.3 is 0 Å². The Balaban J connectivity index is 1.64. The van der Waals surface area contributed by atoms with Crippen LogP contribution in [0.5, 0.6) is 11.5 Å². The molecule has 1 amide bonds. The van der Waals surface area contributed by atoms with Crippen molar-refractivity contribution in [2.75, 3.05) is 20.2 Å². The summed E-state index contributed by atoms with van der Waals surface area (Å²) in [4.78, 5) is 14.0. The Kier molecular flexibility index (Phi) is 4.62. The van der Waals surface area contributed by atoms with Crippen molar-refractivity contribution in [1.29, 1.82) is 0 Å². The molecule has 0 unspecified atom stereocenters. The van der Waals surface area contributed by atoms with Gasteiger partial charge in [-0.1, -0.05) is 23.7 Å². The molecule has 1 saturated heterocycles. The molecule has 0 spiro atoms. The molecule has 0 aliphatic carbocycles. The van der Waals surface area contributed by atoms with Crippen molar-refractivity contribution in [1.82, 2.24) is 4.90 Å². The first-order valence-electron chi connectivity index (χ1n) is 7.54. The van der Waals surface area contributed by atoms with E-state index in [0.29, 0.717) is 30.2 Å². The van der Waals surface area contributed by atoms with Gasteiger partial charge in [-0.05, 0) is 30.7 Å². The van der Waals surface area contributed by atoms with E-state index in [1.807, 2.05) is 18.2 Å². The normalized spacial score (nSPS) is 14.2. The predicted molar refractivity (Wildman–Crippen MR) is 89.5 cm³/mol. The largest absolute Gasteiger partial charge is 0.497 e. The van der Waals surface area contributed by atoms with Gasteiger partial charge in [0.05, 0.1) is 30.8 Å². The number of rotatable bonds is 4. The molecule has 6 heteroatoms. The maximum absolute atomic E-state index is 14.0. The molecule has 0 bridgehead atoms. The van der Waals surface area contributed by atoms with Crippen molar-refractivity contribution >= 4 is 17.5 Å². The van der Waals surface area contributed by atoms with Crippen LogP contribution >= 0.6 is 11.6 Å². The van der Waals surface area contributed by atoms with Crippen LogP contribution in [0.3, 0.4) is 0 Å². The third kappa shape index (κ3) is 3.17. The summed E-state index contributed by atoms with van der Waals surface area (Å²) in [6.45, 7) is 2.52. The van der Waals surface area contributed by atoms with Crippen molar-refractivity contribution in [3.8, 4) is 11.5 Å². The lowest BCUT2D eigenvalue weighted by Crippen LogP contribution is -2.56. The number of hydrogen-bond acceptors (Lipinski definition) is 3. The van der Waals surface area contributed by atoms with Crippen molar-refractivity contribution < 1.29 is 18.7 Å². The maximum Gasteiger partial charge on any atom is 0.258 e. The molecule has 2 aromatic carbocycles. The van der Waals surface area contributed by atoms with E-state index in [-0.39, 0.29) is 16.7 Å². The summed E-state index contributed by atoms with van der Waals surface area (Å²) in [5.41, 5.74) is 0.600. The molecule has 24 heavy (non-hydrogen) atoms. The molecule has 0 atom stereocenters. The van der Waals surface area contributed by atoms with E-state index in [0.717, 1.165) is 0 Å². The zero-order chi connectivity index (χ0) is 17.3. The van der Waals surface area contributed by atoms with E-state index in [1.54, 1.807) is 26.2 Å². The number of hydrogen-bond donors (Lipinski definition) is 0.